The van der Waals surface area contributed by atoms with Gasteiger partial charge >= 0.3 is 0 Å². The summed E-state index contributed by atoms with van der Waals surface area (Å²) in [7, 11) is 0. The summed E-state index contributed by atoms with van der Waals surface area (Å²) >= 11 is 0. The second-order valence-corrected chi connectivity index (χ2v) is 5.10. The molecule has 1 aliphatic carbocycles. The minimum absolute atomic E-state index is 0. The van der Waals surface area contributed by atoms with Gasteiger partial charge in [-0.05, 0) is 30.1 Å². The zero-order chi connectivity index (χ0) is 9.19. The van der Waals surface area contributed by atoms with E-state index in [1.165, 1.54) is 32.1 Å². The topological polar surface area (TPSA) is 0 Å². The lowest BCUT2D eigenvalue weighted by Gasteiger charge is -2.44. The molecule has 0 N–H and O–H groups in total. The second-order valence-electron chi connectivity index (χ2n) is 5.10. The quantitative estimate of drug-likeness (QED) is 0.573. The lowest BCUT2D eigenvalue weighted by molar-refractivity contribution is 0.0587. The molecule has 0 nitrogen and oxygen atoms in total. The summed E-state index contributed by atoms with van der Waals surface area (Å²) in [6.45, 7) is 9.63. The largest absolute Gasteiger partial charge is 0.0776 e. The maximum atomic E-state index is 2.41. The molecule has 1 saturated carbocycles. The molecule has 1 aliphatic rings. The Morgan fingerprint density at radius 3 is 1.38 bits per heavy atom. The third-order valence-electron chi connectivity index (χ3n) is 4.08. The van der Waals surface area contributed by atoms with Gasteiger partial charge in [0.05, 0.1) is 0 Å². The highest BCUT2D eigenvalue weighted by molar-refractivity contribution is 4.87. The Balaban J connectivity index is 0.00000144. The molecule has 0 radical (unpaired) electrons. The van der Waals surface area contributed by atoms with Crippen LogP contribution in [0.4, 0.5) is 0 Å². The minimum Gasteiger partial charge on any atom is -0.0776 e. The predicted octanol–water partition coefficient (Wildman–Crippen LogP) is 4.89. The first kappa shape index (κ1) is 13.0. The van der Waals surface area contributed by atoms with Crippen LogP contribution in [0.2, 0.25) is 0 Å². The van der Waals surface area contributed by atoms with Crippen molar-refractivity contribution in [3.63, 3.8) is 0 Å². The maximum Gasteiger partial charge on any atom is -0.0251 e. The molecular formula is C13H28. The van der Waals surface area contributed by atoms with Crippen molar-refractivity contribution in [2.75, 3.05) is 0 Å². The second kappa shape index (κ2) is 5.02. The highest BCUT2D eigenvalue weighted by Crippen LogP contribution is 2.47. The van der Waals surface area contributed by atoms with Crippen molar-refractivity contribution in [3.05, 3.63) is 0 Å². The van der Waals surface area contributed by atoms with Gasteiger partial charge in [0.25, 0.3) is 0 Å². The van der Waals surface area contributed by atoms with E-state index < -0.39 is 0 Å². The van der Waals surface area contributed by atoms with Gasteiger partial charge in [-0.3, -0.25) is 0 Å². The van der Waals surface area contributed by atoms with Crippen LogP contribution in [-0.4, -0.2) is 0 Å². The standard InChI is InChI=1S/C12H24.CH4/c1-10(2)12(11(3)4)8-6-5-7-9-12;/h10-11H,5-9H2,1-4H3;1H4. The Morgan fingerprint density at radius 1 is 0.769 bits per heavy atom. The van der Waals surface area contributed by atoms with E-state index >= 15 is 0 Å². The Kier molecular flexibility index (Phi) is 5.02. The molecule has 0 bridgehead atoms. The van der Waals surface area contributed by atoms with Crippen LogP contribution in [0.5, 0.6) is 0 Å². The molecule has 0 aromatic rings. The van der Waals surface area contributed by atoms with E-state index in [4.69, 9.17) is 0 Å². The van der Waals surface area contributed by atoms with Crippen LogP contribution in [-0.2, 0) is 0 Å². The van der Waals surface area contributed by atoms with Crippen LogP contribution in [0.15, 0.2) is 0 Å². The molecule has 0 spiro atoms. The Hall–Kier alpha value is 0. The summed E-state index contributed by atoms with van der Waals surface area (Å²) in [5.74, 6) is 1.75. The van der Waals surface area contributed by atoms with Gasteiger partial charge in [-0.15, -0.1) is 0 Å². The molecule has 0 aliphatic heterocycles. The molecule has 0 amide bonds. The van der Waals surface area contributed by atoms with Gasteiger partial charge in [-0.2, -0.15) is 0 Å². The molecule has 0 aromatic carbocycles. The summed E-state index contributed by atoms with van der Waals surface area (Å²) in [6, 6.07) is 0. The van der Waals surface area contributed by atoms with Crippen LogP contribution in [0.1, 0.15) is 67.2 Å². The number of hydrogen-bond acceptors (Lipinski definition) is 0. The number of hydrogen-bond donors (Lipinski definition) is 0. The molecule has 0 unspecified atom stereocenters. The van der Waals surface area contributed by atoms with Crippen LogP contribution < -0.4 is 0 Å². The van der Waals surface area contributed by atoms with Crippen molar-refractivity contribution >= 4 is 0 Å². The molecule has 1 fully saturated rings. The fourth-order valence-corrected chi connectivity index (χ4v) is 3.03. The number of rotatable bonds is 2. The van der Waals surface area contributed by atoms with E-state index in [0.717, 1.165) is 11.8 Å². The third kappa shape index (κ3) is 2.48. The normalized spacial score (nSPS) is 21.7. The van der Waals surface area contributed by atoms with Crippen molar-refractivity contribution in [1.82, 2.24) is 0 Å². The first-order valence-electron chi connectivity index (χ1n) is 5.59. The molecule has 0 aromatic heterocycles. The molecule has 13 heavy (non-hydrogen) atoms. The van der Waals surface area contributed by atoms with Gasteiger partial charge in [-0.25, -0.2) is 0 Å². The van der Waals surface area contributed by atoms with Gasteiger partial charge in [-0.1, -0.05) is 54.4 Å². The monoisotopic (exact) mass is 184 g/mol. The zero-order valence-electron chi connectivity index (χ0n) is 9.19. The van der Waals surface area contributed by atoms with E-state index in [9.17, 15) is 0 Å². The highest BCUT2D eigenvalue weighted by atomic mass is 14.4. The molecule has 80 valence electrons. The van der Waals surface area contributed by atoms with Crippen molar-refractivity contribution in [1.29, 1.82) is 0 Å². The van der Waals surface area contributed by atoms with Gasteiger partial charge in [0.15, 0.2) is 0 Å². The Morgan fingerprint density at radius 2 is 1.15 bits per heavy atom. The Bertz CT molecular complexity index is 117. The highest BCUT2D eigenvalue weighted by Gasteiger charge is 2.37. The van der Waals surface area contributed by atoms with Gasteiger partial charge in [0.1, 0.15) is 0 Å². The predicted molar refractivity (Wildman–Crippen MR) is 61.9 cm³/mol. The van der Waals surface area contributed by atoms with Crippen molar-refractivity contribution < 1.29 is 0 Å². The molecular weight excluding hydrogens is 156 g/mol. The Labute approximate surface area is 85.1 Å². The molecule has 0 heterocycles. The zero-order valence-corrected chi connectivity index (χ0v) is 9.19. The lowest BCUT2D eigenvalue weighted by atomic mass is 9.61. The van der Waals surface area contributed by atoms with Crippen LogP contribution in [0.25, 0.3) is 0 Å². The lowest BCUT2D eigenvalue weighted by Crippen LogP contribution is -2.35. The first-order chi connectivity index (χ1) is 5.59. The summed E-state index contributed by atoms with van der Waals surface area (Å²) in [5.41, 5.74) is 0.679. The average molecular weight is 184 g/mol. The SMILES string of the molecule is C.CC(C)C1(C(C)C)CCCCC1. The van der Waals surface area contributed by atoms with E-state index in [0.29, 0.717) is 5.41 Å². The summed E-state index contributed by atoms with van der Waals surface area (Å²) in [6.07, 6.45) is 7.36. The molecule has 0 atom stereocenters. The first-order valence-corrected chi connectivity index (χ1v) is 5.59. The van der Waals surface area contributed by atoms with Gasteiger partial charge in [0.2, 0.25) is 0 Å². The van der Waals surface area contributed by atoms with Crippen LogP contribution in [0.3, 0.4) is 0 Å². The summed E-state index contributed by atoms with van der Waals surface area (Å²) in [5, 5.41) is 0. The van der Waals surface area contributed by atoms with E-state index in [2.05, 4.69) is 27.7 Å². The van der Waals surface area contributed by atoms with Crippen LogP contribution >= 0.6 is 0 Å². The van der Waals surface area contributed by atoms with Gasteiger partial charge < -0.3 is 0 Å². The average Bonchev–Trinajstić information content (AvgIpc) is 2.05. The molecule has 0 heteroatoms. The van der Waals surface area contributed by atoms with Gasteiger partial charge in [0, 0.05) is 0 Å². The molecule has 0 saturated heterocycles. The third-order valence-corrected chi connectivity index (χ3v) is 4.08. The van der Waals surface area contributed by atoms with Crippen molar-refractivity contribution in [2.45, 2.75) is 67.2 Å². The van der Waals surface area contributed by atoms with Crippen LogP contribution in [0, 0.1) is 17.3 Å². The minimum atomic E-state index is 0. The smallest absolute Gasteiger partial charge is 0.0251 e. The van der Waals surface area contributed by atoms with E-state index in [1.54, 1.807) is 0 Å². The summed E-state index contributed by atoms with van der Waals surface area (Å²) < 4.78 is 0. The van der Waals surface area contributed by atoms with E-state index in [-0.39, 0.29) is 7.43 Å². The van der Waals surface area contributed by atoms with Crippen molar-refractivity contribution in [3.8, 4) is 0 Å². The maximum absolute atomic E-state index is 2.41. The summed E-state index contributed by atoms with van der Waals surface area (Å²) in [4.78, 5) is 0. The fourth-order valence-electron chi connectivity index (χ4n) is 3.03. The fraction of sp³-hybridized carbons (Fsp3) is 1.00. The van der Waals surface area contributed by atoms with E-state index in [1.807, 2.05) is 0 Å². The van der Waals surface area contributed by atoms with Crippen molar-refractivity contribution in [2.24, 2.45) is 17.3 Å². The molecule has 1 rings (SSSR count).